The monoisotopic (exact) mass is 443 g/mol. The summed E-state index contributed by atoms with van der Waals surface area (Å²) in [5.41, 5.74) is 2.65. The number of hydrogen-bond donors (Lipinski definition) is 2. The zero-order valence-corrected chi connectivity index (χ0v) is 18.5. The molecular formula is C22H25N3O5S. The van der Waals surface area contributed by atoms with Crippen LogP contribution in [0.5, 0.6) is 0 Å². The molecule has 0 aromatic heterocycles. The van der Waals surface area contributed by atoms with E-state index in [1.165, 1.54) is 26.8 Å². The number of benzene rings is 2. The highest BCUT2D eigenvalue weighted by Gasteiger charge is 2.29. The maximum atomic E-state index is 13.0. The predicted octanol–water partition coefficient (Wildman–Crippen LogP) is 2.75. The molecule has 0 saturated heterocycles. The van der Waals surface area contributed by atoms with Gasteiger partial charge >= 0.3 is 0 Å². The molecule has 1 aliphatic heterocycles. The SMILES string of the molecule is CC(=O)Nc1ccc(NC(=O)C[C@@H](C)S(=O)(=O)c2ccc3c(c2)CCN3C(C)=O)cc1. The van der Waals surface area contributed by atoms with Crippen molar-refractivity contribution in [3.05, 3.63) is 48.0 Å². The van der Waals surface area contributed by atoms with E-state index in [1.54, 1.807) is 41.3 Å². The van der Waals surface area contributed by atoms with Crippen molar-refractivity contribution in [2.45, 2.75) is 43.8 Å². The van der Waals surface area contributed by atoms with Crippen molar-refractivity contribution in [3.63, 3.8) is 0 Å². The van der Waals surface area contributed by atoms with Gasteiger partial charge in [0.05, 0.1) is 10.1 Å². The van der Waals surface area contributed by atoms with Crippen LogP contribution in [0.1, 0.15) is 32.8 Å². The third kappa shape index (κ3) is 5.11. The van der Waals surface area contributed by atoms with Gasteiger partial charge in [-0.3, -0.25) is 14.4 Å². The van der Waals surface area contributed by atoms with Gasteiger partial charge in [0.15, 0.2) is 9.84 Å². The van der Waals surface area contributed by atoms with Crippen LogP contribution in [0.2, 0.25) is 0 Å². The lowest BCUT2D eigenvalue weighted by atomic mass is 10.2. The fraction of sp³-hybridized carbons (Fsp3) is 0.318. The summed E-state index contributed by atoms with van der Waals surface area (Å²) in [4.78, 5) is 36.9. The zero-order valence-electron chi connectivity index (χ0n) is 17.6. The molecule has 8 nitrogen and oxygen atoms in total. The van der Waals surface area contributed by atoms with Gasteiger partial charge in [0.1, 0.15) is 0 Å². The molecule has 0 fully saturated rings. The number of nitrogens with zero attached hydrogens (tertiary/aromatic N) is 1. The van der Waals surface area contributed by atoms with Gasteiger partial charge < -0.3 is 15.5 Å². The van der Waals surface area contributed by atoms with Gasteiger partial charge in [-0.2, -0.15) is 0 Å². The molecule has 9 heteroatoms. The number of nitrogens with one attached hydrogen (secondary N) is 2. The number of carbonyl (C=O) groups is 3. The first-order valence-electron chi connectivity index (χ1n) is 9.90. The number of hydrogen-bond acceptors (Lipinski definition) is 5. The van der Waals surface area contributed by atoms with Crippen LogP contribution in [0.15, 0.2) is 47.4 Å². The Morgan fingerprint density at radius 1 is 1.00 bits per heavy atom. The molecule has 0 radical (unpaired) electrons. The first kappa shape index (κ1) is 22.5. The summed E-state index contributed by atoms with van der Waals surface area (Å²) in [5, 5.41) is 4.38. The van der Waals surface area contributed by atoms with E-state index < -0.39 is 21.0 Å². The Labute approximate surface area is 181 Å². The van der Waals surface area contributed by atoms with Crippen molar-refractivity contribution >= 4 is 44.6 Å². The summed E-state index contributed by atoms with van der Waals surface area (Å²) in [6, 6.07) is 11.3. The number of sulfone groups is 1. The Morgan fingerprint density at radius 3 is 2.19 bits per heavy atom. The fourth-order valence-corrected chi connectivity index (χ4v) is 4.94. The van der Waals surface area contributed by atoms with E-state index >= 15 is 0 Å². The molecule has 2 aromatic rings. The minimum Gasteiger partial charge on any atom is -0.326 e. The second kappa shape index (κ2) is 8.89. The van der Waals surface area contributed by atoms with Crippen molar-refractivity contribution in [3.8, 4) is 0 Å². The second-order valence-corrected chi connectivity index (χ2v) is 9.94. The summed E-state index contributed by atoms with van der Waals surface area (Å²) in [6.45, 7) is 4.92. The van der Waals surface area contributed by atoms with Crippen LogP contribution in [0, 0.1) is 0 Å². The Hall–Kier alpha value is -3.20. The van der Waals surface area contributed by atoms with Crippen LogP contribution in [0.4, 0.5) is 17.1 Å². The highest BCUT2D eigenvalue weighted by Crippen LogP contribution is 2.31. The van der Waals surface area contributed by atoms with E-state index in [0.717, 1.165) is 11.3 Å². The van der Waals surface area contributed by atoms with Crippen LogP contribution in [-0.2, 0) is 30.6 Å². The van der Waals surface area contributed by atoms with Gasteiger partial charge in [0.2, 0.25) is 17.7 Å². The molecule has 2 N–H and O–H groups in total. The van der Waals surface area contributed by atoms with Crippen LogP contribution >= 0.6 is 0 Å². The molecule has 1 aliphatic rings. The van der Waals surface area contributed by atoms with Gasteiger partial charge in [-0.25, -0.2) is 8.42 Å². The molecule has 0 spiro atoms. The van der Waals surface area contributed by atoms with Gasteiger partial charge in [0.25, 0.3) is 0 Å². The molecule has 3 amide bonds. The molecule has 0 saturated carbocycles. The van der Waals surface area contributed by atoms with Crippen molar-refractivity contribution in [1.82, 2.24) is 0 Å². The van der Waals surface area contributed by atoms with Crippen LogP contribution in [-0.4, -0.2) is 37.9 Å². The fourth-order valence-electron chi connectivity index (χ4n) is 3.54. The van der Waals surface area contributed by atoms with Gasteiger partial charge in [-0.15, -0.1) is 0 Å². The molecule has 1 atom stereocenters. The smallest absolute Gasteiger partial charge is 0.225 e. The molecule has 0 bridgehead atoms. The lowest BCUT2D eigenvalue weighted by Gasteiger charge is -2.16. The van der Waals surface area contributed by atoms with Crippen molar-refractivity contribution in [2.24, 2.45) is 0 Å². The van der Waals surface area contributed by atoms with E-state index in [9.17, 15) is 22.8 Å². The molecule has 2 aromatic carbocycles. The first-order valence-corrected chi connectivity index (χ1v) is 11.4. The van der Waals surface area contributed by atoms with Crippen molar-refractivity contribution < 1.29 is 22.8 Å². The molecule has 31 heavy (non-hydrogen) atoms. The minimum atomic E-state index is -3.72. The number of anilines is 3. The molecule has 0 unspecified atom stereocenters. The van der Waals surface area contributed by atoms with Crippen molar-refractivity contribution in [2.75, 3.05) is 22.1 Å². The summed E-state index contributed by atoms with van der Waals surface area (Å²) in [7, 11) is -3.72. The Morgan fingerprint density at radius 2 is 1.61 bits per heavy atom. The van der Waals surface area contributed by atoms with Gasteiger partial charge in [-0.05, 0) is 61.4 Å². The summed E-state index contributed by atoms with van der Waals surface area (Å²) in [5.74, 6) is -0.701. The van der Waals surface area contributed by atoms with Crippen LogP contribution in [0.3, 0.4) is 0 Å². The Kier molecular flexibility index (Phi) is 6.45. The molecule has 164 valence electrons. The summed E-state index contributed by atoms with van der Waals surface area (Å²) in [6.07, 6.45) is 0.397. The molecule has 3 rings (SSSR count). The number of fused-ring (bicyclic) bond motifs is 1. The quantitative estimate of drug-likeness (QED) is 0.713. The maximum Gasteiger partial charge on any atom is 0.225 e. The highest BCUT2D eigenvalue weighted by atomic mass is 32.2. The Bertz CT molecular complexity index is 1130. The first-order chi connectivity index (χ1) is 14.6. The largest absolute Gasteiger partial charge is 0.326 e. The number of amides is 3. The highest BCUT2D eigenvalue weighted by molar-refractivity contribution is 7.92. The lowest BCUT2D eigenvalue weighted by molar-refractivity contribution is -0.117. The van der Waals surface area contributed by atoms with E-state index in [1.807, 2.05) is 0 Å². The maximum absolute atomic E-state index is 13.0. The average Bonchev–Trinajstić information content (AvgIpc) is 3.12. The Balaban J connectivity index is 1.67. The number of carbonyl (C=O) groups excluding carboxylic acids is 3. The topological polar surface area (TPSA) is 113 Å². The van der Waals surface area contributed by atoms with Crippen LogP contribution < -0.4 is 15.5 Å². The predicted molar refractivity (Wildman–Crippen MR) is 119 cm³/mol. The molecular weight excluding hydrogens is 418 g/mol. The zero-order chi connectivity index (χ0) is 22.8. The molecule has 0 aliphatic carbocycles. The van der Waals surface area contributed by atoms with Crippen molar-refractivity contribution in [1.29, 1.82) is 0 Å². The third-order valence-electron chi connectivity index (χ3n) is 5.15. The molecule has 1 heterocycles. The summed E-state index contributed by atoms with van der Waals surface area (Å²) >= 11 is 0. The third-order valence-corrected chi connectivity index (χ3v) is 7.28. The van der Waals surface area contributed by atoms with E-state index in [2.05, 4.69) is 10.6 Å². The summed E-state index contributed by atoms with van der Waals surface area (Å²) < 4.78 is 26.0. The van der Waals surface area contributed by atoms with E-state index in [4.69, 9.17) is 0 Å². The van der Waals surface area contributed by atoms with Gasteiger partial charge in [0, 0.05) is 43.9 Å². The second-order valence-electron chi connectivity index (χ2n) is 7.58. The minimum absolute atomic E-state index is 0.0792. The standard InChI is InChI=1S/C22H25N3O5S/c1-14(12-22(28)24-19-6-4-18(5-7-19)23-15(2)26)31(29,30)20-8-9-21-17(13-20)10-11-25(21)16(3)27/h4-9,13-14H,10-12H2,1-3H3,(H,23,26)(H,24,28)/t14-/m1/s1. The average molecular weight is 444 g/mol. The van der Waals surface area contributed by atoms with E-state index in [0.29, 0.717) is 24.3 Å². The van der Waals surface area contributed by atoms with E-state index in [-0.39, 0.29) is 23.1 Å². The lowest BCUT2D eigenvalue weighted by Crippen LogP contribution is -2.26. The van der Waals surface area contributed by atoms with Crippen LogP contribution in [0.25, 0.3) is 0 Å². The van der Waals surface area contributed by atoms with Gasteiger partial charge in [-0.1, -0.05) is 0 Å². The number of rotatable bonds is 6. The normalized spacial score (nSPS) is 14.0.